The maximum atomic E-state index is 12.4. The molecular weight excluding hydrogens is 376 g/mol. The van der Waals surface area contributed by atoms with E-state index in [4.69, 9.17) is 46.4 Å². The van der Waals surface area contributed by atoms with Crippen LogP contribution in [0.15, 0.2) is 0 Å². The van der Waals surface area contributed by atoms with Gasteiger partial charge in [0.2, 0.25) is 0 Å². The molecule has 0 aromatic heterocycles. The first-order chi connectivity index (χ1) is 10.2. The molecule has 2 amide bonds. The largest absolute Gasteiger partial charge is 0.548 e. The molecule has 0 N–H and O–H groups in total. The van der Waals surface area contributed by atoms with Gasteiger partial charge in [0.15, 0.2) is 0 Å². The summed E-state index contributed by atoms with van der Waals surface area (Å²) in [6.45, 7) is 1.71. The molecule has 0 saturated carbocycles. The van der Waals surface area contributed by atoms with E-state index >= 15 is 0 Å². The Morgan fingerprint density at radius 3 is 1.73 bits per heavy atom. The fraction of sp³-hybridized carbons (Fsp3) is 0.308. The standard InChI is InChI=1S/C13H9Cl4NO4/c1-2-3-4(13(21)22)18-11(19)5-6(12(18)20)8(15)10(17)9(16)7(5)14/h4H,2-3H2,1H3,(H,21,22)/p-1/t4-/m0/s1. The number of hydrogen-bond acceptors (Lipinski definition) is 4. The van der Waals surface area contributed by atoms with E-state index in [0.717, 1.165) is 0 Å². The zero-order valence-corrected chi connectivity index (χ0v) is 14.1. The van der Waals surface area contributed by atoms with Gasteiger partial charge in [-0.15, -0.1) is 0 Å². The van der Waals surface area contributed by atoms with Crippen LogP contribution in [0.25, 0.3) is 0 Å². The summed E-state index contributed by atoms with van der Waals surface area (Å²) in [7, 11) is 0. The summed E-state index contributed by atoms with van der Waals surface area (Å²) in [6.07, 6.45) is 0.472. The van der Waals surface area contributed by atoms with Gasteiger partial charge in [0, 0.05) is 0 Å². The van der Waals surface area contributed by atoms with E-state index in [1.807, 2.05) is 0 Å². The quantitative estimate of drug-likeness (QED) is 0.455. The third-order valence-electron chi connectivity index (χ3n) is 3.28. The van der Waals surface area contributed by atoms with Gasteiger partial charge in [0.25, 0.3) is 11.8 Å². The van der Waals surface area contributed by atoms with Crippen molar-refractivity contribution in [1.29, 1.82) is 0 Å². The van der Waals surface area contributed by atoms with Crippen molar-refractivity contribution in [3.63, 3.8) is 0 Å². The molecule has 0 spiro atoms. The number of carbonyl (C=O) groups excluding carboxylic acids is 3. The highest BCUT2D eigenvalue weighted by Crippen LogP contribution is 2.45. The number of fused-ring (bicyclic) bond motifs is 1. The van der Waals surface area contributed by atoms with Crippen molar-refractivity contribution in [2.75, 3.05) is 0 Å². The molecule has 9 heteroatoms. The lowest BCUT2D eigenvalue weighted by atomic mass is 10.1. The molecule has 1 aliphatic heterocycles. The Balaban J connectivity index is 2.66. The van der Waals surface area contributed by atoms with Gasteiger partial charge < -0.3 is 9.90 Å². The number of carboxylic acid groups (broad SMARTS) is 1. The van der Waals surface area contributed by atoms with Crippen molar-refractivity contribution in [3.05, 3.63) is 31.2 Å². The maximum Gasteiger partial charge on any atom is 0.263 e. The minimum Gasteiger partial charge on any atom is -0.548 e. The molecule has 0 aliphatic carbocycles. The van der Waals surface area contributed by atoms with Gasteiger partial charge in [-0.05, 0) is 6.42 Å². The molecule has 1 aromatic carbocycles. The minimum absolute atomic E-state index is 0.0461. The summed E-state index contributed by atoms with van der Waals surface area (Å²) in [5.41, 5.74) is -0.484. The monoisotopic (exact) mass is 382 g/mol. The molecule has 0 fully saturated rings. The van der Waals surface area contributed by atoms with Gasteiger partial charge in [-0.1, -0.05) is 59.7 Å². The lowest BCUT2D eigenvalue weighted by molar-refractivity contribution is -0.310. The SMILES string of the molecule is CCC[C@@H](C(=O)[O-])N1C(=O)c2c(Cl)c(Cl)c(Cl)c(Cl)c2C1=O. The van der Waals surface area contributed by atoms with Crippen LogP contribution in [0.2, 0.25) is 20.1 Å². The number of nitrogens with zero attached hydrogens (tertiary/aromatic N) is 1. The van der Waals surface area contributed by atoms with E-state index in [0.29, 0.717) is 11.3 Å². The van der Waals surface area contributed by atoms with Crippen LogP contribution in [0.5, 0.6) is 0 Å². The van der Waals surface area contributed by atoms with E-state index in [1.165, 1.54) is 0 Å². The highest BCUT2D eigenvalue weighted by molar-refractivity contribution is 6.55. The van der Waals surface area contributed by atoms with Crippen molar-refractivity contribution in [2.45, 2.75) is 25.8 Å². The average molecular weight is 384 g/mol. The first kappa shape index (κ1) is 17.3. The van der Waals surface area contributed by atoms with Crippen LogP contribution in [-0.4, -0.2) is 28.7 Å². The number of halogens is 4. The van der Waals surface area contributed by atoms with E-state index < -0.39 is 23.8 Å². The molecule has 1 aliphatic rings. The number of imide groups is 1. The van der Waals surface area contributed by atoms with Crippen molar-refractivity contribution < 1.29 is 19.5 Å². The predicted octanol–water partition coefficient (Wildman–Crippen LogP) is 2.81. The number of rotatable bonds is 4. The molecule has 0 saturated heterocycles. The third kappa shape index (κ3) is 2.46. The molecule has 0 bridgehead atoms. The van der Waals surface area contributed by atoms with Crippen LogP contribution >= 0.6 is 46.4 Å². The van der Waals surface area contributed by atoms with E-state index in [-0.39, 0.29) is 37.6 Å². The number of carbonyl (C=O) groups is 3. The highest BCUT2D eigenvalue weighted by atomic mass is 35.5. The fourth-order valence-corrected chi connectivity index (χ4v) is 3.29. The number of amides is 2. The van der Waals surface area contributed by atoms with E-state index in [2.05, 4.69) is 0 Å². The van der Waals surface area contributed by atoms with Crippen molar-refractivity contribution >= 4 is 64.2 Å². The highest BCUT2D eigenvalue weighted by Gasteiger charge is 2.44. The summed E-state index contributed by atoms with van der Waals surface area (Å²) < 4.78 is 0. The normalized spacial score (nSPS) is 15.2. The van der Waals surface area contributed by atoms with E-state index in [9.17, 15) is 19.5 Å². The first-order valence-electron chi connectivity index (χ1n) is 6.18. The van der Waals surface area contributed by atoms with Crippen molar-refractivity contribution in [2.24, 2.45) is 0 Å². The average Bonchev–Trinajstić information content (AvgIpc) is 2.72. The zero-order chi connectivity index (χ0) is 16.8. The van der Waals surface area contributed by atoms with E-state index in [1.54, 1.807) is 6.92 Å². The van der Waals surface area contributed by atoms with Crippen molar-refractivity contribution in [1.82, 2.24) is 4.90 Å². The summed E-state index contributed by atoms with van der Waals surface area (Å²) in [6, 6.07) is -1.41. The molecule has 1 heterocycles. The lowest BCUT2D eigenvalue weighted by Gasteiger charge is -2.26. The zero-order valence-electron chi connectivity index (χ0n) is 11.1. The van der Waals surface area contributed by atoms with Gasteiger partial charge in [-0.25, -0.2) is 0 Å². The Bertz CT molecular complexity index is 657. The van der Waals surface area contributed by atoms with Crippen LogP contribution in [0.3, 0.4) is 0 Å². The second-order valence-electron chi connectivity index (χ2n) is 4.61. The van der Waals surface area contributed by atoms with Crippen molar-refractivity contribution in [3.8, 4) is 0 Å². The van der Waals surface area contributed by atoms with Gasteiger partial charge in [-0.3, -0.25) is 14.5 Å². The number of hydrogen-bond donors (Lipinski definition) is 0. The Morgan fingerprint density at radius 1 is 1.00 bits per heavy atom. The molecule has 0 unspecified atom stereocenters. The minimum atomic E-state index is -1.54. The molecule has 0 radical (unpaired) electrons. The molecule has 5 nitrogen and oxygen atoms in total. The summed E-state index contributed by atoms with van der Waals surface area (Å²) >= 11 is 23.7. The number of aliphatic carboxylic acids is 1. The molecule has 118 valence electrons. The first-order valence-corrected chi connectivity index (χ1v) is 7.69. The van der Waals surface area contributed by atoms with Crippen LogP contribution in [0, 0.1) is 0 Å². The Hall–Kier alpha value is -1.01. The third-order valence-corrected chi connectivity index (χ3v) is 5.08. The summed E-state index contributed by atoms with van der Waals surface area (Å²) in [5.74, 6) is -3.30. The van der Waals surface area contributed by atoms with Gasteiger partial charge in [0.1, 0.15) is 0 Å². The second kappa shape index (κ2) is 6.24. The predicted molar refractivity (Wildman–Crippen MR) is 80.7 cm³/mol. The van der Waals surface area contributed by atoms with Gasteiger partial charge in [0.05, 0.1) is 43.2 Å². The Morgan fingerprint density at radius 2 is 1.41 bits per heavy atom. The summed E-state index contributed by atoms with van der Waals surface area (Å²) in [4.78, 5) is 36.7. The molecule has 1 aromatic rings. The molecular formula is C13H8Cl4NO4-. The van der Waals surface area contributed by atoms with Crippen LogP contribution in [-0.2, 0) is 4.79 Å². The fourth-order valence-electron chi connectivity index (χ4n) is 2.28. The smallest absolute Gasteiger partial charge is 0.263 e. The Labute approximate surface area is 145 Å². The topological polar surface area (TPSA) is 77.5 Å². The second-order valence-corrected chi connectivity index (χ2v) is 6.12. The molecule has 1 atom stereocenters. The maximum absolute atomic E-state index is 12.4. The lowest BCUT2D eigenvalue weighted by Crippen LogP contribution is -2.50. The Kier molecular flexibility index (Phi) is 4.92. The number of benzene rings is 1. The van der Waals surface area contributed by atoms with Gasteiger partial charge in [-0.2, -0.15) is 0 Å². The molecule has 22 heavy (non-hydrogen) atoms. The summed E-state index contributed by atoms with van der Waals surface area (Å²) in [5, 5.41) is 10.4. The van der Waals surface area contributed by atoms with Gasteiger partial charge >= 0.3 is 0 Å². The molecule has 2 rings (SSSR count). The van der Waals surface area contributed by atoms with Crippen LogP contribution in [0.1, 0.15) is 40.5 Å². The number of carboxylic acids is 1. The van der Waals surface area contributed by atoms with Crippen LogP contribution < -0.4 is 5.11 Å². The van der Waals surface area contributed by atoms with Crippen LogP contribution in [0.4, 0.5) is 0 Å².